The number of carbonyl (C=O) groups excluding carboxylic acids is 1. The Morgan fingerprint density at radius 1 is 1.92 bits per heavy atom. The predicted octanol–water partition coefficient (Wildman–Crippen LogP) is 0.670. The van der Waals surface area contributed by atoms with E-state index >= 15 is 0 Å². The molecular formula is C9H14O3. The van der Waals surface area contributed by atoms with Crippen LogP contribution in [0.3, 0.4) is 0 Å². The third-order valence-corrected chi connectivity index (χ3v) is 2.04. The Balaban J connectivity index is 2.22. The van der Waals surface area contributed by atoms with Crippen molar-refractivity contribution in [3.05, 3.63) is 12.7 Å². The van der Waals surface area contributed by atoms with E-state index in [2.05, 4.69) is 6.58 Å². The number of ether oxygens (including phenoxy) is 1. The first-order valence-corrected chi connectivity index (χ1v) is 4.13. The lowest BCUT2D eigenvalue weighted by atomic mass is 9.98. The average Bonchev–Trinajstić information content (AvgIpc) is 2.00. The van der Waals surface area contributed by atoms with Crippen molar-refractivity contribution in [1.29, 1.82) is 0 Å². The van der Waals surface area contributed by atoms with Crippen molar-refractivity contribution in [2.45, 2.75) is 38.1 Å². The molecule has 0 aromatic heterocycles. The Hall–Kier alpha value is -0.670. The fourth-order valence-electron chi connectivity index (χ4n) is 1.34. The van der Waals surface area contributed by atoms with Gasteiger partial charge in [0.15, 0.2) is 5.78 Å². The average molecular weight is 170 g/mol. The Morgan fingerprint density at radius 3 is 2.92 bits per heavy atom. The summed E-state index contributed by atoms with van der Waals surface area (Å²) in [6.45, 7) is 5.27. The topological polar surface area (TPSA) is 46.5 Å². The second-order valence-electron chi connectivity index (χ2n) is 3.16. The van der Waals surface area contributed by atoms with Crippen molar-refractivity contribution in [2.75, 3.05) is 0 Å². The fraction of sp³-hybridized carbons (Fsp3) is 0.667. The van der Waals surface area contributed by atoms with E-state index in [-0.39, 0.29) is 18.0 Å². The highest BCUT2D eigenvalue weighted by molar-refractivity contribution is 5.92. The molecular weight excluding hydrogens is 156 g/mol. The van der Waals surface area contributed by atoms with Crippen molar-refractivity contribution in [3.8, 4) is 0 Å². The molecule has 3 atom stereocenters. The smallest absolute Gasteiger partial charge is 0.183 e. The van der Waals surface area contributed by atoms with Gasteiger partial charge in [-0.25, -0.2) is 0 Å². The molecule has 0 aliphatic carbocycles. The van der Waals surface area contributed by atoms with E-state index in [4.69, 9.17) is 4.74 Å². The minimum Gasteiger partial charge on any atom is -0.385 e. The van der Waals surface area contributed by atoms with Gasteiger partial charge in [-0.05, 0) is 19.4 Å². The van der Waals surface area contributed by atoms with E-state index in [0.29, 0.717) is 6.42 Å². The molecule has 1 rings (SSSR count). The van der Waals surface area contributed by atoms with Crippen LogP contribution in [-0.4, -0.2) is 29.2 Å². The van der Waals surface area contributed by atoms with Crippen LogP contribution in [0.25, 0.3) is 0 Å². The molecule has 0 bridgehead atoms. The molecule has 12 heavy (non-hydrogen) atoms. The summed E-state index contributed by atoms with van der Waals surface area (Å²) < 4.78 is 5.26. The van der Waals surface area contributed by atoms with E-state index in [1.807, 2.05) is 6.92 Å². The molecule has 3 nitrogen and oxygen atoms in total. The summed E-state index contributed by atoms with van der Waals surface area (Å²) >= 11 is 0. The zero-order valence-corrected chi connectivity index (χ0v) is 7.19. The summed E-state index contributed by atoms with van der Waals surface area (Å²) in [6.07, 6.45) is 1.88. The lowest BCUT2D eigenvalue weighted by molar-refractivity contribution is -0.141. The van der Waals surface area contributed by atoms with Gasteiger partial charge >= 0.3 is 0 Å². The molecule has 0 aromatic carbocycles. The maximum absolute atomic E-state index is 10.8. The highest BCUT2D eigenvalue weighted by Crippen LogP contribution is 2.23. The van der Waals surface area contributed by atoms with Crippen LogP contribution in [0.5, 0.6) is 0 Å². The number of aliphatic hydroxyl groups excluding tert-OH is 1. The summed E-state index contributed by atoms with van der Waals surface area (Å²) in [5.41, 5.74) is 0. The zero-order valence-electron chi connectivity index (χ0n) is 7.19. The molecule has 0 radical (unpaired) electrons. The van der Waals surface area contributed by atoms with Gasteiger partial charge in [-0.1, -0.05) is 6.58 Å². The monoisotopic (exact) mass is 170 g/mol. The van der Waals surface area contributed by atoms with Gasteiger partial charge in [0.05, 0.1) is 12.2 Å². The number of aliphatic hydroxyl groups is 1. The van der Waals surface area contributed by atoms with Crippen LogP contribution < -0.4 is 0 Å². The molecule has 1 aliphatic rings. The van der Waals surface area contributed by atoms with E-state index < -0.39 is 6.10 Å². The van der Waals surface area contributed by atoms with Crippen molar-refractivity contribution >= 4 is 5.78 Å². The van der Waals surface area contributed by atoms with E-state index in [1.165, 1.54) is 0 Å². The Kier molecular flexibility index (Phi) is 3.00. The van der Waals surface area contributed by atoms with Gasteiger partial charge in [-0.3, -0.25) is 4.79 Å². The minimum absolute atomic E-state index is 0.0545. The molecule has 1 aliphatic heterocycles. The fourth-order valence-corrected chi connectivity index (χ4v) is 1.34. The van der Waals surface area contributed by atoms with Crippen LogP contribution >= 0.6 is 0 Å². The van der Waals surface area contributed by atoms with E-state index in [0.717, 1.165) is 12.5 Å². The summed E-state index contributed by atoms with van der Waals surface area (Å²) in [5, 5.41) is 9.24. The van der Waals surface area contributed by atoms with Crippen LogP contribution in [0.4, 0.5) is 0 Å². The predicted molar refractivity (Wildman–Crippen MR) is 44.8 cm³/mol. The zero-order chi connectivity index (χ0) is 9.14. The van der Waals surface area contributed by atoms with Crippen LogP contribution in [0.15, 0.2) is 12.7 Å². The molecule has 0 spiro atoms. The Labute approximate surface area is 72.0 Å². The van der Waals surface area contributed by atoms with Crippen molar-refractivity contribution in [3.63, 3.8) is 0 Å². The molecule has 1 fully saturated rings. The largest absolute Gasteiger partial charge is 0.385 e. The first-order valence-electron chi connectivity index (χ1n) is 4.13. The highest BCUT2D eigenvalue weighted by atomic mass is 16.5. The molecule has 0 aromatic rings. The lowest BCUT2D eigenvalue weighted by Crippen LogP contribution is -2.39. The van der Waals surface area contributed by atoms with Crippen LogP contribution in [0, 0.1) is 0 Å². The summed E-state index contributed by atoms with van der Waals surface area (Å²) in [4.78, 5) is 10.8. The van der Waals surface area contributed by atoms with E-state index in [9.17, 15) is 9.90 Å². The van der Waals surface area contributed by atoms with Gasteiger partial charge in [-0.2, -0.15) is 0 Å². The van der Waals surface area contributed by atoms with Crippen molar-refractivity contribution in [2.24, 2.45) is 0 Å². The molecule has 0 amide bonds. The number of hydrogen-bond donors (Lipinski definition) is 1. The van der Waals surface area contributed by atoms with Gasteiger partial charge in [-0.15, -0.1) is 0 Å². The van der Waals surface area contributed by atoms with Gasteiger partial charge < -0.3 is 9.84 Å². The maximum Gasteiger partial charge on any atom is 0.183 e. The van der Waals surface area contributed by atoms with E-state index in [1.54, 1.807) is 0 Å². The lowest BCUT2D eigenvalue weighted by Gasteiger charge is -2.34. The first-order chi connectivity index (χ1) is 5.63. The highest BCUT2D eigenvalue weighted by Gasteiger charge is 2.29. The van der Waals surface area contributed by atoms with Gasteiger partial charge in [0.1, 0.15) is 6.10 Å². The number of ketones is 1. The third kappa shape index (κ3) is 2.16. The van der Waals surface area contributed by atoms with Gasteiger partial charge in [0.2, 0.25) is 0 Å². The Morgan fingerprint density at radius 2 is 2.50 bits per heavy atom. The second-order valence-corrected chi connectivity index (χ2v) is 3.16. The summed E-state index contributed by atoms with van der Waals surface area (Å²) in [7, 11) is 0. The summed E-state index contributed by atoms with van der Waals surface area (Å²) in [5.74, 6) is -0.321. The normalized spacial score (nSPS) is 30.5. The summed E-state index contributed by atoms with van der Waals surface area (Å²) in [6, 6.07) is 0. The molecule has 1 heterocycles. The van der Waals surface area contributed by atoms with Crippen molar-refractivity contribution in [1.82, 2.24) is 0 Å². The molecule has 68 valence electrons. The Bertz CT molecular complexity index is 182. The molecule has 3 heteroatoms. The number of carbonyl (C=O) groups is 1. The first kappa shape index (κ1) is 9.42. The maximum atomic E-state index is 10.8. The number of hydrogen-bond acceptors (Lipinski definition) is 3. The third-order valence-electron chi connectivity index (χ3n) is 2.04. The molecule has 0 saturated carbocycles. The molecule has 1 N–H and O–H groups in total. The van der Waals surface area contributed by atoms with Crippen molar-refractivity contribution < 1.29 is 14.6 Å². The van der Waals surface area contributed by atoms with Gasteiger partial charge in [0, 0.05) is 6.42 Å². The molecule has 3 unspecified atom stereocenters. The second kappa shape index (κ2) is 3.83. The van der Waals surface area contributed by atoms with Crippen LogP contribution in [0.2, 0.25) is 0 Å². The standard InChI is InChI=1S/C9H14O3/c1-3-8(10)9(11)5-7-4-6(2)12-7/h3,6-7,9,11H,1,4-5H2,2H3. The SMILES string of the molecule is C=CC(=O)C(O)CC1CC(C)O1. The molecule has 1 saturated heterocycles. The van der Waals surface area contributed by atoms with Crippen LogP contribution in [0.1, 0.15) is 19.8 Å². The van der Waals surface area contributed by atoms with Gasteiger partial charge in [0.25, 0.3) is 0 Å². The van der Waals surface area contributed by atoms with Crippen LogP contribution in [-0.2, 0) is 9.53 Å². The number of rotatable bonds is 4. The quantitative estimate of drug-likeness (QED) is 0.631. The minimum atomic E-state index is -0.931.